The van der Waals surface area contributed by atoms with Crippen molar-refractivity contribution in [3.63, 3.8) is 0 Å². The Labute approximate surface area is 125 Å². The summed E-state index contributed by atoms with van der Waals surface area (Å²) in [5.41, 5.74) is 5.45. The summed E-state index contributed by atoms with van der Waals surface area (Å²) in [7, 11) is 0. The fraction of sp³-hybridized carbons (Fsp3) is 0.267. The molecule has 2 aromatic rings. The predicted molar refractivity (Wildman–Crippen MR) is 80.1 cm³/mol. The molecule has 0 fully saturated rings. The molecule has 0 spiro atoms. The number of nitrogens with one attached hydrogen (secondary N) is 1. The van der Waals surface area contributed by atoms with Crippen LogP contribution in [0.4, 0.5) is 14.5 Å². The highest BCUT2D eigenvalue weighted by Crippen LogP contribution is 2.27. The van der Waals surface area contributed by atoms with Crippen molar-refractivity contribution in [3.05, 3.63) is 51.7 Å². The summed E-state index contributed by atoms with van der Waals surface area (Å²) in [6.07, 6.45) is 0. The Kier molecular flexibility index (Phi) is 4.57. The van der Waals surface area contributed by atoms with Crippen LogP contribution in [0.15, 0.2) is 29.6 Å². The summed E-state index contributed by atoms with van der Waals surface area (Å²) in [6.45, 7) is 3.94. The molecule has 1 aromatic heterocycles. The number of anilines is 1. The van der Waals surface area contributed by atoms with Gasteiger partial charge in [-0.05, 0) is 23.4 Å². The lowest BCUT2D eigenvalue weighted by molar-refractivity contribution is 0.0927. The number of carbonyl (C=O) groups excluding carboxylic acids is 1. The summed E-state index contributed by atoms with van der Waals surface area (Å²) in [4.78, 5) is 13.3. The Bertz CT molecular complexity index is 641. The number of hydrogen-bond donors (Lipinski definition) is 2. The maximum absolute atomic E-state index is 13.3. The number of nitrogen functional groups attached to an aromatic ring is 1. The molecule has 1 unspecified atom stereocenters. The molecule has 1 amide bonds. The zero-order chi connectivity index (χ0) is 15.6. The first kappa shape index (κ1) is 15.4. The minimum atomic E-state index is -1.09. The maximum atomic E-state index is 13.3. The average molecular weight is 310 g/mol. The largest absolute Gasteiger partial charge is 0.398 e. The van der Waals surface area contributed by atoms with Crippen LogP contribution in [0.1, 0.15) is 35.1 Å². The van der Waals surface area contributed by atoms with Crippen molar-refractivity contribution in [2.24, 2.45) is 5.92 Å². The fourth-order valence-electron chi connectivity index (χ4n) is 2.01. The van der Waals surface area contributed by atoms with E-state index in [-0.39, 0.29) is 23.2 Å². The molecular formula is C15H16F2N2OS. The van der Waals surface area contributed by atoms with E-state index in [1.165, 1.54) is 11.3 Å². The van der Waals surface area contributed by atoms with E-state index in [1.54, 1.807) is 0 Å². The second kappa shape index (κ2) is 6.22. The minimum Gasteiger partial charge on any atom is -0.398 e. The van der Waals surface area contributed by atoms with Crippen molar-refractivity contribution in [1.29, 1.82) is 0 Å². The first-order valence-corrected chi connectivity index (χ1v) is 7.37. The van der Waals surface area contributed by atoms with Crippen molar-refractivity contribution in [1.82, 2.24) is 5.32 Å². The van der Waals surface area contributed by atoms with E-state index in [2.05, 4.69) is 5.32 Å². The van der Waals surface area contributed by atoms with Gasteiger partial charge in [-0.2, -0.15) is 0 Å². The third kappa shape index (κ3) is 3.39. The van der Waals surface area contributed by atoms with Gasteiger partial charge in [0.2, 0.25) is 0 Å². The highest BCUT2D eigenvalue weighted by Gasteiger charge is 2.22. The Hall–Kier alpha value is -1.95. The lowest BCUT2D eigenvalue weighted by Gasteiger charge is -2.21. The van der Waals surface area contributed by atoms with Crippen LogP contribution in [0.2, 0.25) is 0 Å². The summed E-state index contributed by atoms with van der Waals surface area (Å²) >= 11 is 1.53. The molecule has 1 atom stereocenters. The van der Waals surface area contributed by atoms with E-state index in [0.29, 0.717) is 0 Å². The van der Waals surface area contributed by atoms with Crippen LogP contribution in [0.5, 0.6) is 0 Å². The molecule has 0 saturated carbocycles. The highest BCUT2D eigenvalue weighted by atomic mass is 32.1. The van der Waals surface area contributed by atoms with Crippen LogP contribution in [0.3, 0.4) is 0 Å². The van der Waals surface area contributed by atoms with Crippen LogP contribution < -0.4 is 11.1 Å². The molecule has 6 heteroatoms. The van der Waals surface area contributed by atoms with Crippen molar-refractivity contribution < 1.29 is 13.6 Å². The Balaban J connectivity index is 2.26. The highest BCUT2D eigenvalue weighted by molar-refractivity contribution is 7.10. The van der Waals surface area contributed by atoms with E-state index in [9.17, 15) is 13.6 Å². The van der Waals surface area contributed by atoms with E-state index >= 15 is 0 Å². The molecule has 0 aliphatic heterocycles. The molecule has 3 nitrogen and oxygen atoms in total. The van der Waals surface area contributed by atoms with Crippen molar-refractivity contribution >= 4 is 22.9 Å². The number of amides is 1. The monoisotopic (exact) mass is 310 g/mol. The molecule has 0 radical (unpaired) electrons. The van der Waals surface area contributed by atoms with Crippen molar-refractivity contribution in [2.75, 3.05) is 5.73 Å². The molecule has 112 valence electrons. The van der Waals surface area contributed by atoms with Crippen LogP contribution >= 0.6 is 11.3 Å². The van der Waals surface area contributed by atoms with E-state index in [1.807, 2.05) is 31.4 Å². The number of halogens is 2. The molecular weight excluding hydrogens is 294 g/mol. The van der Waals surface area contributed by atoms with Gasteiger partial charge in [0.1, 0.15) is 0 Å². The maximum Gasteiger partial charge on any atom is 0.253 e. The third-order valence-electron chi connectivity index (χ3n) is 3.14. The number of benzene rings is 1. The second-order valence-electron chi connectivity index (χ2n) is 5.06. The normalized spacial score (nSPS) is 12.4. The van der Waals surface area contributed by atoms with Gasteiger partial charge in [0.15, 0.2) is 11.6 Å². The third-order valence-corrected chi connectivity index (χ3v) is 4.10. The van der Waals surface area contributed by atoms with E-state index in [4.69, 9.17) is 5.73 Å². The summed E-state index contributed by atoms with van der Waals surface area (Å²) in [6, 6.07) is 5.26. The van der Waals surface area contributed by atoms with Gasteiger partial charge in [0.05, 0.1) is 11.6 Å². The quantitative estimate of drug-likeness (QED) is 0.845. The summed E-state index contributed by atoms with van der Waals surface area (Å²) in [5.74, 6) is -2.52. The van der Waals surface area contributed by atoms with Gasteiger partial charge in [0.25, 0.3) is 5.91 Å². The fourth-order valence-corrected chi connectivity index (χ4v) is 2.96. The van der Waals surface area contributed by atoms with E-state index in [0.717, 1.165) is 17.0 Å². The van der Waals surface area contributed by atoms with Gasteiger partial charge in [0, 0.05) is 16.6 Å². The standard InChI is InChI=1S/C15H16F2N2OS/c1-8(2)14(13-4-3-5-21-13)19-15(20)9-6-10(16)11(17)7-12(9)18/h3-8,14H,18H2,1-2H3,(H,19,20). The number of nitrogens with two attached hydrogens (primary N) is 1. The molecule has 3 N–H and O–H groups in total. The molecule has 0 bridgehead atoms. The zero-order valence-corrected chi connectivity index (χ0v) is 12.5. The average Bonchev–Trinajstić information content (AvgIpc) is 2.93. The van der Waals surface area contributed by atoms with Crippen molar-refractivity contribution in [3.8, 4) is 0 Å². The number of carbonyl (C=O) groups is 1. The SMILES string of the molecule is CC(C)C(NC(=O)c1cc(F)c(F)cc1N)c1cccs1. The molecule has 0 saturated heterocycles. The smallest absolute Gasteiger partial charge is 0.253 e. The zero-order valence-electron chi connectivity index (χ0n) is 11.7. The molecule has 1 heterocycles. The molecule has 1 aromatic carbocycles. The van der Waals surface area contributed by atoms with Gasteiger partial charge < -0.3 is 11.1 Å². The summed E-state index contributed by atoms with van der Waals surface area (Å²) in [5, 5.41) is 4.74. The lowest BCUT2D eigenvalue weighted by Crippen LogP contribution is -2.31. The Morgan fingerprint density at radius 3 is 2.52 bits per heavy atom. The number of rotatable bonds is 4. The van der Waals surface area contributed by atoms with Crippen LogP contribution in [0.25, 0.3) is 0 Å². The minimum absolute atomic E-state index is 0.0592. The topological polar surface area (TPSA) is 55.1 Å². The van der Waals surface area contributed by atoms with Gasteiger partial charge in [-0.1, -0.05) is 19.9 Å². The van der Waals surface area contributed by atoms with Gasteiger partial charge in [-0.25, -0.2) is 8.78 Å². The first-order chi connectivity index (χ1) is 9.90. The van der Waals surface area contributed by atoms with Crippen LogP contribution in [-0.4, -0.2) is 5.91 Å². The Morgan fingerprint density at radius 2 is 1.95 bits per heavy atom. The van der Waals surface area contributed by atoms with E-state index < -0.39 is 17.5 Å². The lowest BCUT2D eigenvalue weighted by atomic mass is 10.0. The van der Waals surface area contributed by atoms with Gasteiger partial charge in [-0.15, -0.1) is 11.3 Å². The molecule has 21 heavy (non-hydrogen) atoms. The first-order valence-electron chi connectivity index (χ1n) is 6.49. The number of thiophene rings is 1. The molecule has 2 rings (SSSR count). The Morgan fingerprint density at radius 1 is 1.29 bits per heavy atom. The predicted octanol–water partition coefficient (Wildman–Crippen LogP) is 3.74. The molecule has 0 aliphatic carbocycles. The van der Waals surface area contributed by atoms with Gasteiger partial charge >= 0.3 is 0 Å². The number of hydrogen-bond acceptors (Lipinski definition) is 3. The second-order valence-corrected chi connectivity index (χ2v) is 6.04. The van der Waals surface area contributed by atoms with Crippen LogP contribution in [0, 0.1) is 17.6 Å². The molecule has 0 aliphatic rings. The van der Waals surface area contributed by atoms with Crippen LogP contribution in [-0.2, 0) is 0 Å². The van der Waals surface area contributed by atoms with Gasteiger partial charge in [-0.3, -0.25) is 4.79 Å². The van der Waals surface area contributed by atoms with Crippen molar-refractivity contribution in [2.45, 2.75) is 19.9 Å². The summed E-state index contributed by atoms with van der Waals surface area (Å²) < 4.78 is 26.3.